The van der Waals surface area contributed by atoms with Gasteiger partial charge in [-0.1, -0.05) is 6.92 Å². The molecule has 0 N–H and O–H groups in total. The molecule has 1 fully saturated rings. The Morgan fingerprint density at radius 1 is 1.45 bits per heavy atom. The predicted molar refractivity (Wildman–Crippen MR) is 41.5 cm³/mol. The van der Waals surface area contributed by atoms with Crippen LogP contribution in [0.25, 0.3) is 0 Å². The molecule has 2 heteroatoms. The highest BCUT2D eigenvalue weighted by Gasteiger charge is 2.22. The molecule has 0 aromatic carbocycles. The van der Waals surface area contributed by atoms with E-state index in [4.69, 9.17) is 22.8 Å². The van der Waals surface area contributed by atoms with Crippen LogP contribution in [0.4, 0.5) is 0 Å². The molecule has 1 heterocycles. The van der Waals surface area contributed by atoms with E-state index in [1.807, 2.05) is 6.92 Å². The normalized spacial score (nSPS) is 31.8. The summed E-state index contributed by atoms with van der Waals surface area (Å²) in [7, 11) is 0. The van der Waals surface area contributed by atoms with Gasteiger partial charge in [0.05, 0.1) is 13.2 Å². The van der Waals surface area contributed by atoms with Gasteiger partial charge in [0.15, 0.2) is 0 Å². The van der Waals surface area contributed by atoms with Crippen molar-refractivity contribution >= 4 is 0 Å². The van der Waals surface area contributed by atoms with Gasteiger partial charge in [-0.3, -0.25) is 0 Å². The van der Waals surface area contributed by atoms with Gasteiger partial charge < -0.3 is 9.47 Å². The average Bonchev–Trinajstić information content (AvgIpc) is 2.05. The minimum Gasteiger partial charge on any atom is -0.342 e. The molecule has 0 saturated carbocycles. The molecule has 0 aliphatic carbocycles. The fourth-order valence-electron chi connectivity index (χ4n) is 0.918. The lowest BCUT2D eigenvalue weighted by molar-refractivity contribution is -0.174. The maximum absolute atomic E-state index is 5.64. The van der Waals surface area contributed by atoms with Crippen LogP contribution in [-0.4, -0.2) is 19.5 Å². The third-order valence-corrected chi connectivity index (χ3v) is 1.80. The summed E-state index contributed by atoms with van der Waals surface area (Å²) in [6.45, 7) is 8.79. The Bertz CT molecular complexity index is 149. The Labute approximate surface area is 67.9 Å². The molecule has 0 aromatic heterocycles. The standard InChI is InChI=1S/C9H12O2/c1-4-9-10-5-8(6-11-9)7(2)3/h1-2,7-9H,5-6H2,3H3. The highest BCUT2D eigenvalue weighted by atomic mass is 16.7. The highest BCUT2D eigenvalue weighted by molar-refractivity contribution is 4.90. The Morgan fingerprint density at radius 2 is 2.00 bits per heavy atom. The molecular formula is C9H12O2. The highest BCUT2D eigenvalue weighted by Crippen LogP contribution is 2.17. The number of rotatable bonds is 1. The van der Waals surface area contributed by atoms with Crippen molar-refractivity contribution in [1.29, 1.82) is 0 Å². The zero-order valence-corrected chi connectivity index (χ0v) is 6.62. The molecule has 2 radical (unpaired) electrons. The molecule has 0 aromatic rings. The molecule has 1 aliphatic rings. The second-order valence-corrected chi connectivity index (χ2v) is 2.78. The van der Waals surface area contributed by atoms with Crippen molar-refractivity contribution in [2.75, 3.05) is 13.2 Å². The van der Waals surface area contributed by atoms with Crippen LogP contribution in [0.1, 0.15) is 6.92 Å². The minimum atomic E-state index is -0.468. The van der Waals surface area contributed by atoms with Crippen LogP contribution >= 0.6 is 0 Å². The van der Waals surface area contributed by atoms with Crippen LogP contribution in [0.5, 0.6) is 0 Å². The Balaban J connectivity index is 2.31. The predicted octanol–water partition coefficient (Wildman–Crippen LogP) is 0.956. The maximum Gasteiger partial charge on any atom is 0.222 e. The summed E-state index contributed by atoms with van der Waals surface area (Å²) in [5.41, 5.74) is 0. The monoisotopic (exact) mass is 152 g/mol. The van der Waals surface area contributed by atoms with Gasteiger partial charge in [0.25, 0.3) is 0 Å². The molecule has 0 amide bonds. The lowest BCUT2D eigenvalue weighted by Crippen LogP contribution is -2.33. The van der Waals surface area contributed by atoms with Gasteiger partial charge in [-0.2, -0.15) is 0 Å². The fourth-order valence-corrected chi connectivity index (χ4v) is 0.918. The zero-order chi connectivity index (χ0) is 8.27. The van der Waals surface area contributed by atoms with Crippen LogP contribution in [0.15, 0.2) is 0 Å². The molecule has 0 bridgehead atoms. The zero-order valence-electron chi connectivity index (χ0n) is 6.62. The van der Waals surface area contributed by atoms with E-state index in [0.717, 1.165) is 0 Å². The van der Waals surface area contributed by atoms with Crippen molar-refractivity contribution in [3.8, 4) is 12.3 Å². The van der Waals surface area contributed by atoms with Gasteiger partial charge in [-0.25, -0.2) is 0 Å². The topological polar surface area (TPSA) is 18.5 Å². The Kier molecular flexibility index (Phi) is 2.92. The third kappa shape index (κ3) is 2.21. The van der Waals surface area contributed by atoms with E-state index in [1.54, 1.807) is 0 Å². The largest absolute Gasteiger partial charge is 0.342 e. The first-order valence-electron chi connectivity index (χ1n) is 3.69. The minimum absolute atomic E-state index is 0.105. The van der Waals surface area contributed by atoms with E-state index in [9.17, 15) is 0 Å². The molecule has 1 unspecified atom stereocenters. The summed E-state index contributed by atoms with van der Waals surface area (Å²) in [5.74, 6) is 2.76. The van der Waals surface area contributed by atoms with E-state index in [1.165, 1.54) is 0 Å². The van der Waals surface area contributed by atoms with E-state index >= 15 is 0 Å². The lowest BCUT2D eigenvalue weighted by atomic mass is 9.97. The SMILES string of the molecule is [CH]C(C)C1COC(C#C)OC1. The van der Waals surface area contributed by atoms with Crippen molar-refractivity contribution in [2.24, 2.45) is 11.8 Å². The van der Waals surface area contributed by atoms with Gasteiger partial charge in [-0.05, 0) is 18.8 Å². The summed E-state index contributed by atoms with van der Waals surface area (Å²) >= 11 is 0. The van der Waals surface area contributed by atoms with Crippen LogP contribution in [-0.2, 0) is 9.47 Å². The Hall–Kier alpha value is -0.520. The van der Waals surface area contributed by atoms with Gasteiger partial charge in [0.1, 0.15) is 0 Å². The summed E-state index contributed by atoms with van der Waals surface area (Å²) in [5, 5.41) is 0. The lowest BCUT2D eigenvalue weighted by Gasteiger charge is -2.28. The first kappa shape index (κ1) is 8.58. The van der Waals surface area contributed by atoms with Crippen LogP contribution in [0, 0.1) is 31.1 Å². The molecule has 1 rings (SSSR count). The van der Waals surface area contributed by atoms with Crippen molar-refractivity contribution < 1.29 is 9.47 Å². The van der Waals surface area contributed by atoms with Crippen molar-refractivity contribution in [3.05, 3.63) is 6.92 Å². The van der Waals surface area contributed by atoms with E-state index in [0.29, 0.717) is 13.2 Å². The molecule has 2 nitrogen and oxygen atoms in total. The average molecular weight is 152 g/mol. The van der Waals surface area contributed by atoms with E-state index in [2.05, 4.69) is 5.92 Å². The van der Waals surface area contributed by atoms with Gasteiger partial charge in [0, 0.05) is 5.92 Å². The van der Waals surface area contributed by atoms with Crippen LogP contribution in [0.2, 0.25) is 0 Å². The van der Waals surface area contributed by atoms with Gasteiger partial charge in [0.2, 0.25) is 6.29 Å². The molecule has 1 aliphatic heterocycles. The van der Waals surface area contributed by atoms with Gasteiger partial charge in [-0.15, -0.1) is 6.42 Å². The second-order valence-electron chi connectivity index (χ2n) is 2.78. The molecule has 60 valence electrons. The first-order chi connectivity index (χ1) is 5.24. The molecule has 1 atom stereocenters. The van der Waals surface area contributed by atoms with Gasteiger partial charge >= 0.3 is 0 Å². The number of terminal acetylenes is 1. The van der Waals surface area contributed by atoms with E-state index in [-0.39, 0.29) is 11.8 Å². The first-order valence-corrected chi connectivity index (χ1v) is 3.69. The number of hydrogen-bond donors (Lipinski definition) is 0. The van der Waals surface area contributed by atoms with Crippen molar-refractivity contribution in [3.63, 3.8) is 0 Å². The summed E-state index contributed by atoms with van der Waals surface area (Å²) in [4.78, 5) is 0. The maximum atomic E-state index is 5.64. The molecule has 0 spiro atoms. The third-order valence-electron chi connectivity index (χ3n) is 1.80. The second kappa shape index (κ2) is 3.75. The Morgan fingerprint density at radius 3 is 2.36 bits per heavy atom. The summed E-state index contributed by atoms with van der Waals surface area (Å²) in [6, 6.07) is 0. The molecule has 11 heavy (non-hydrogen) atoms. The quantitative estimate of drug-likeness (QED) is 0.521. The van der Waals surface area contributed by atoms with Crippen molar-refractivity contribution in [2.45, 2.75) is 13.2 Å². The van der Waals surface area contributed by atoms with E-state index < -0.39 is 6.29 Å². The molecular weight excluding hydrogens is 140 g/mol. The molecule has 1 saturated heterocycles. The van der Waals surface area contributed by atoms with Crippen LogP contribution in [0.3, 0.4) is 0 Å². The smallest absolute Gasteiger partial charge is 0.222 e. The fraction of sp³-hybridized carbons (Fsp3) is 0.667. The number of hydrogen-bond acceptors (Lipinski definition) is 2. The van der Waals surface area contributed by atoms with Crippen LogP contribution < -0.4 is 0 Å². The summed E-state index contributed by atoms with van der Waals surface area (Å²) in [6.07, 6.45) is 4.63. The number of ether oxygens (including phenoxy) is 2. The van der Waals surface area contributed by atoms with Crippen molar-refractivity contribution in [1.82, 2.24) is 0 Å². The summed E-state index contributed by atoms with van der Waals surface area (Å²) < 4.78 is 10.3.